The van der Waals surface area contributed by atoms with Gasteiger partial charge in [-0.15, -0.1) is 0 Å². The largest absolute Gasteiger partial charge is 0.469 e. The van der Waals surface area contributed by atoms with Crippen LogP contribution >= 0.6 is 0 Å². The van der Waals surface area contributed by atoms with Crippen LogP contribution in [0, 0.1) is 0 Å². The molecule has 0 aromatic rings. The number of carbonyl (C=O) groups excluding carboxylic acids is 1. The van der Waals surface area contributed by atoms with Crippen molar-refractivity contribution >= 4 is 5.97 Å². The predicted octanol–water partition coefficient (Wildman–Crippen LogP) is 0.500. The Hall–Kier alpha value is -0.570. The van der Waals surface area contributed by atoms with Gasteiger partial charge in [-0.25, -0.2) is 0 Å². The van der Waals surface area contributed by atoms with Gasteiger partial charge in [-0.05, 0) is 21.0 Å². The third-order valence-electron chi connectivity index (χ3n) is 1.57. The molecule has 0 bridgehead atoms. The summed E-state index contributed by atoms with van der Waals surface area (Å²) in [6.45, 7) is 1.98. The number of carbonyl (C=O) groups is 1. The predicted molar refractivity (Wildman–Crippen MR) is 39.8 cm³/mol. The average molecular weight is 145 g/mol. The summed E-state index contributed by atoms with van der Waals surface area (Å²) < 4.78 is 4.51. The summed E-state index contributed by atoms with van der Waals surface area (Å²) >= 11 is 0. The number of ether oxygens (including phenoxy) is 1. The number of rotatable bonds is 3. The first-order chi connectivity index (χ1) is 4.57. The van der Waals surface area contributed by atoms with Crippen LogP contribution in [-0.2, 0) is 9.53 Å². The molecule has 0 unspecified atom stereocenters. The van der Waals surface area contributed by atoms with Crippen LogP contribution in [0.4, 0.5) is 0 Å². The number of hydrogen-bond donors (Lipinski definition) is 0. The molecule has 0 aliphatic carbocycles. The van der Waals surface area contributed by atoms with E-state index in [0.717, 1.165) is 0 Å². The van der Waals surface area contributed by atoms with Crippen molar-refractivity contribution in [3.8, 4) is 0 Å². The molecule has 0 radical (unpaired) electrons. The molecule has 0 spiro atoms. The van der Waals surface area contributed by atoms with Crippen LogP contribution in [0.1, 0.15) is 13.3 Å². The molecule has 1 atom stereocenters. The Morgan fingerprint density at radius 1 is 1.60 bits per heavy atom. The molecular weight excluding hydrogens is 130 g/mol. The molecule has 0 aliphatic heterocycles. The standard InChI is InChI=1S/C7H15NO2/c1-6(8(2)3)5-7(9)10-4/h6H,5H2,1-4H3/t6-/m1/s1. The zero-order valence-corrected chi connectivity index (χ0v) is 7.05. The lowest BCUT2D eigenvalue weighted by atomic mass is 10.2. The van der Waals surface area contributed by atoms with Crippen molar-refractivity contribution in [2.75, 3.05) is 21.2 Å². The Kier molecular flexibility index (Phi) is 4.03. The van der Waals surface area contributed by atoms with Crippen LogP contribution in [0.5, 0.6) is 0 Å². The van der Waals surface area contributed by atoms with Crippen molar-refractivity contribution in [1.82, 2.24) is 4.90 Å². The highest BCUT2D eigenvalue weighted by Crippen LogP contribution is 1.98. The number of hydrogen-bond acceptors (Lipinski definition) is 3. The minimum absolute atomic E-state index is 0.152. The van der Waals surface area contributed by atoms with E-state index in [-0.39, 0.29) is 12.0 Å². The molecule has 0 rings (SSSR count). The summed E-state index contributed by atoms with van der Waals surface area (Å²) in [5.74, 6) is -0.152. The quantitative estimate of drug-likeness (QED) is 0.542. The van der Waals surface area contributed by atoms with Crippen molar-refractivity contribution in [2.24, 2.45) is 0 Å². The van der Waals surface area contributed by atoms with E-state index in [1.807, 2.05) is 25.9 Å². The van der Waals surface area contributed by atoms with Crippen molar-refractivity contribution in [1.29, 1.82) is 0 Å². The fourth-order valence-electron chi connectivity index (χ4n) is 0.507. The number of nitrogens with zero attached hydrogens (tertiary/aromatic N) is 1. The maximum absolute atomic E-state index is 10.7. The zero-order valence-electron chi connectivity index (χ0n) is 7.05. The second-order valence-corrected chi connectivity index (χ2v) is 2.59. The topological polar surface area (TPSA) is 29.5 Å². The van der Waals surface area contributed by atoms with Crippen molar-refractivity contribution in [2.45, 2.75) is 19.4 Å². The van der Waals surface area contributed by atoms with Gasteiger partial charge in [0.2, 0.25) is 0 Å². The Labute approximate surface area is 62.0 Å². The second kappa shape index (κ2) is 4.28. The molecule has 0 fully saturated rings. The van der Waals surface area contributed by atoms with E-state index in [1.54, 1.807) is 0 Å². The van der Waals surface area contributed by atoms with E-state index in [9.17, 15) is 4.79 Å². The molecule has 0 aliphatic rings. The van der Waals surface area contributed by atoms with Crippen LogP contribution in [0.15, 0.2) is 0 Å². The first kappa shape index (κ1) is 9.43. The Morgan fingerprint density at radius 2 is 2.10 bits per heavy atom. The monoisotopic (exact) mass is 145 g/mol. The van der Waals surface area contributed by atoms with Crippen LogP contribution in [0.3, 0.4) is 0 Å². The number of esters is 1. The molecule has 0 aromatic heterocycles. The van der Waals surface area contributed by atoms with E-state index >= 15 is 0 Å². The first-order valence-corrected chi connectivity index (χ1v) is 3.31. The van der Waals surface area contributed by atoms with Crippen LogP contribution in [-0.4, -0.2) is 38.1 Å². The van der Waals surface area contributed by atoms with E-state index in [4.69, 9.17) is 0 Å². The van der Waals surface area contributed by atoms with E-state index in [2.05, 4.69) is 4.74 Å². The molecule has 60 valence electrons. The lowest BCUT2D eigenvalue weighted by Crippen LogP contribution is -2.27. The lowest BCUT2D eigenvalue weighted by molar-refractivity contribution is -0.141. The van der Waals surface area contributed by atoms with E-state index in [0.29, 0.717) is 6.42 Å². The first-order valence-electron chi connectivity index (χ1n) is 3.31. The maximum atomic E-state index is 10.7. The minimum atomic E-state index is -0.152. The highest BCUT2D eigenvalue weighted by atomic mass is 16.5. The van der Waals surface area contributed by atoms with Gasteiger partial charge in [0.05, 0.1) is 13.5 Å². The van der Waals surface area contributed by atoms with Gasteiger partial charge < -0.3 is 9.64 Å². The van der Waals surface area contributed by atoms with Gasteiger partial charge in [0.25, 0.3) is 0 Å². The number of methoxy groups -OCH3 is 1. The normalized spacial score (nSPS) is 13.3. The molecule has 10 heavy (non-hydrogen) atoms. The summed E-state index contributed by atoms with van der Waals surface area (Å²) in [6, 6.07) is 0.257. The summed E-state index contributed by atoms with van der Waals surface area (Å²) in [5, 5.41) is 0. The van der Waals surface area contributed by atoms with Gasteiger partial charge in [-0.2, -0.15) is 0 Å². The molecule has 0 aromatic carbocycles. The summed E-state index contributed by atoms with van der Waals surface area (Å²) in [5.41, 5.74) is 0. The van der Waals surface area contributed by atoms with Crippen LogP contribution < -0.4 is 0 Å². The van der Waals surface area contributed by atoms with Gasteiger partial charge >= 0.3 is 5.97 Å². The third kappa shape index (κ3) is 3.45. The summed E-state index contributed by atoms with van der Waals surface area (Å²) in [4.78, 5) is 12.7. The SMILES string of the molecule is COC(=O)C[C@@H](C)N(C)C. The maximum Gasteiger partial charge on any atom is 0.307 e. The van der Waals surface area contributed by atoms with Crippen molar-refractivity contribution in [3.05, 3.63) is 0 Å². The molecule has 0 heterocycles. The Morgan fingerprint density at radius 3 is 2.40 bits per heavy atom. The van der Waals surface area contributed by atoms with Gasteiger partial charge in [0.15, 0.2) is 0 Å². The molecule has 0 saturated heterocycles. The van der Waals surface area contributed by atoms with Crippen molar-refractivity contribution < 1.29 is 9.53 Å². The summed E-state index contributed by atoms with van der Waals surface area (Å²) in [6.07, 6.45) is 0.462. The molecular formula is C7H15NO2. The minimum Gasteiger partial charge on any atom is -0.469 e. The smallest absolute Gasteiger partial charge is 0.307 e. The fourth-order valence-corrected chi connectivity index (χ4v) is 0.507. The van der Waals surface area contributed by atoms with Crippen LogP contribution in [0.25, 0.3) is 0 Å². The molecule has 3 nitrogen and oxygen atoms in total. The van der Waals surface area contributed by atoms with Gasteiger partial charge in [0, 0.05) is 6.04 Å². The van der Waals surface area contributed by atoms with E-state index < -0.39 is 0 Å². The van der Waals surface area contributed by atoms with Gasteiger partial charge in [-0.3, -0.25) is 4.79 Å². The Balaban J connectivity index is 3.57. The van der Waals surface area contributed by atoms with E-state index in [1.165, 1.54) is 7.11 Å². The van der Waals surface area contributed by atoms with Crippen molar-refractivity contribution in [3.63, 3.8) is 0 Å². The molecule has 3 heteroatoms. The molecule has 0 amide bonds. The van der Waals surface area contributed by atoms with Gasteiger partial charge in [-0.1, -0.05) is 0 Å². The van der Waals surface area contributed by atoms with Gasteiger partial charge in [0.1, 0.15) is 0 Å². The highest BCUT2D eigenvalue weighted by Gasteiger charge is 2.09. The highest BCUT2D eigenvalue weighted by molar-refractivity contribution is 5.69. The summed E-state index contributed by atoms with van der Waals surface area (Å²) in [7, 11) is 5.28. The third-order valence-corrected chi connectivity index (χ3v) is 1.57. The average Bonchev–Trinajstić information content (AvgIpc) is 1.87. The molecule has 0 N–H and O–H groups in total. The zero-order chi connectivity index (χ0) is 8.15. The molecule has 0 saturated carbocycles. The lowest BCUT2D eigenvalue weighted by Gasteiger charge is -2.17. The van der Waals surface area contributed by atoms with Crippen LogP contribution in [0.2, 0.25) is 0 Å². The Bertz CT molecular complexity index is 112. The fraction of sp³-hybridized carbons (Fsp3) is 0.857. The second-order valence-electron chi connectivity index (χ2n) is 2.59.